The molecule has 0 heterocycles. The molecule has 1 rings (SSSR count). The molecule has 0 aromatic heterocycles. The van der Waals surface area contributed by atoms with Crippen LogP contribution in [0.5, 0.6) is 5.75 Å². The predicted molar refractivity (Wildman–Crippen MR) is 89.8 cm³/mol. The molecule has 0 saturated heterocycles. The minimum atomic E-state index is -4.60. The molecule has 0 saturated carbocycles. The third-order valence-electron chi connectivity index (χ3n) is 2.30. The Morgan fingerprint density at radius 2 is 1.46 bits per heavy atom. The Hall–Kier alpha value is -1.51. The average molecular weight is 367 g/mol. The zero-order chi connectivity index (χ0) is 19.0. The number of phosphoric acid groups is 1. The van der Waals surface area contributed by atoms with Crippen LogP contribution in [0, 0.1) is 10.1 Å². The van der Waals surface area contributed by atoms with E-state index in [9.17, 15) is 14.7 Å². The van der Waals surface area contributed by atoms with Crippen molar-refractivity contribution in [3.8, 4) is 5.75 Å². The Balaban J connectivity index is 0. The second-order valence-electron chi connectivity index (χ2n) is 4.49. The van der Waals surface area contributed by atoms with Crippen molar-refractivity contribution in [1.82, 2.24) is 0 Å². The smallest absolute Gasteiger partial charge is 0.404 e. The van der Waals surface area contributed by atoms with Crippen molar-refractivity contribution in [2.45, 2.75) is 39.5 Å². The standard InChI is InChI=1S/C6H6NO6P.2C4H10O/c8-7(9)5-1-3-6(4-2-5)13-14(10,11)12;2*1-2-3-4-5/h1-4H,(H2,10,11,12);2*5H,2-4H2,1H3. The number of nitrogens with zero attached hydrogens (tertiary/aromatic N) is 1. The number of non-ortho nitro benzene ring substituents is 1. The highest BCUT2D eigenvalue weighted by atomic mass is 31.2. The topological polar surface area (TPSA) is 150 Å². The van der Waals surface area contributed by atoms with E-state index in [1.165, 1.54) is 0 Å². The molecule has 0 radical (unpaired) electrons. The van der Waals surface area contributed by atoms with Crippen molar-refractivity contribution in [1.29, 1.82) is 0 Å². The number of nitro groups is 1. The summed E-state index contributed by atoms with van der Waals surface area (Å²) in [5, 5.41) is 26.3. The monoisotopic (exact) mass is 367 g/mol. The molecule has 0 aliphatic heterocycles. The Morgan fingerprint density at radius 1 is 1.04 bits per heavy atom. The van der Waals surface area contributed by atoms with Crippen LogP contribution >= 0.6 is 7.82 Å². The summed E-state index contributed by atoms with van der Waals surface area (Å²) >= 11 is 0. The highest BCUT2D eigenvalue weighted by molar-refractivity contribution is 7.46. The number of rotatable bonds is 7. The van der Waals surface area contributed by atoms with Gasteiger partial charge < -0.3 is 14.7 Å². The van der Waals surface area contributed by atoms with Gasteiger partial charge in [-0.15, -0.1) is 0 Å². The lowest BCUT2D eigenvalue weighted by Crippen LogP contribution is -1.91. The van der Waals surface area contributed by atoms with Crippen LogP contribution in [-0.4, -0.2) is 38.1 Å². The van der Waals surface area contributed by atoms with Gasteiger partial charge in [0.15, 0.2) is 0 Å². The molecule has 140 valence electrons. The van der Waals surface area contributed by atoms with Crippen LogP contribution in [0.4, 0.5) is 5.69 Å². The van der Waals surface area contributed by atoms with E-state index in [1.807, 2.05) is 0 Å². The molecule has 0 unspecified atom stereocenters. The zero-order valence-electron chi connectivity index (χ0n) is 13.9. The van der Waals surface area contributed by atoms with Gasteiger partial charge >= 0.3 is 7.82 Å². The number of phosphoric ester groups is 1. The first-order valence-electron chi connectivity index (χ1n) is 7.43. The quantitative estimate of drug-likeness (QED) is 0.326. The molecular weight excluding hydrogens is 341 g/mol. The Labute approximate surface area is 141 Å². The fourth-order valence-electron chi connectivity index (χ4n) is 1.08. The molecule has 0 amide bonds. The molecule has 24 heavy (non-hydrogen) atoms. The molecule has 0 fully saturated rings. The van der Waals surface area contributed by atoms with Gasteiger partial charge in [0.1, 0.15) is 5.75 Å². The summed E-state index contributed by atoms with van der Waals surface area (Å²) in [5.41, 5.74) is -0.178. The molecule has 0 aliphatic carbocycles. The van der Waals surface area contributed by atoms with Gasteiger partial charge in [0.2, 0.25) is 0 Å². The number of aliphatic hydroxyl groups is 2. The van der Waals surface area contributed by atoms with Crippen LogP contribution in [0.1, 0.15) is 39.5 Å². The average Bonchev–Trinajstić information content (AvgIpc) is 2.49. The molecule has 1 aromatic carbocycles. The van der Waals surface area contributed by atoms with Gasteiger partial charge in [-0.2, -0.15) is 0 Å². The summed E-state index contributed by atoms with van der Waals surface area (Å²) in [6.07, 6.45) is 4.08. The summed E-state index contributed by atoms with van der Waals surface area (Å²) < 4.78 is 14.5. The van der Waals surface area contributed by atoms with Gasteiger partial charge in [0.25, 0.3) is 5.69 Å². The Kier molecular flexibility index (Phi) is 15.5. The number of benzene rings is 1. The third-order valence-corrected chi connectivity index (χ3v) is 2.74. The highest BCUT2D eigenvalue weighted by Gasteiger charge is 2.16. The highest BCUT2D eigenvalue weighted by Crippen LogP contribution is 2.37. The fraction of sp³-hybridized carbons (Fsp3) is 0.571. The number of hydrogen-bond acceptors (Lipinski definition) is 6. The first-order valence-corrected chi connectivity index (χ1v) is 8.96. The maximum atomic E-state index is 10.4. The molecule has 0 spiro atoms. The van der Waals surface area contributed by atoms with E-state index in [1.54, 1.807) is 0 Å². The molecule has 10 heteroatoms. The molecule has 4 N–H and O–H groups in total. The summed E-state index contributed by atoms with van der Waals surface area (Å²) in [4.78, 5) is 26.4. The van der Waals surface area contributed by atoms with Crippen molar-refractivity contribution in [2.75, 3.05) is 13.2 Å². The summed E-state index contributed by atoms with van der Waals surface area (Å²) in [6, 6.07) is 4.39. The van der Waals surface area contributed by atoms with E-state index in [4.69, 9.17) is 20.0 Å². The van der Waals surface area contributed by atoms with Crippen LogP contribution in [0.2, 0.25) is 0 Å². The van der Waals surface area contributed by atoms with Crippen molar-refractivity contribution >= 4 is 13.5 Å². The van der Waals surface area contributed by atoms with E-state index in [0.717, 1.165) is 49.9 Å². The summed E-state index contributed by atoms with van der Waals surface area (Å²) in [5.74, 6) is -0.121. The lowest BCUT2D eigenvalue weighted by molar-refractivity contribution is -0.384. The normalized spacial score (nSPS) is 9.92. The minimum absolute atomic E-state index is 0.121. The maximum Gasteiger partial charge on any atom is 0.524 e. The SMILES string of the molecule is CCCCO.CCCCO.O=[N+]([O-])c1ccc(OP(=O)(O)O)cc1. The van der Waals surface area contributed by atoms with E-state index in [2.05, 4.69) is 18.4 Å². The lowest BCUT2D eigenvalue weighted by atomic mass is 10.3. The van der Waals surface area contributed by atoms with Gasteiger partial charge in [0, 0.05) is 25.3 Å². The largest absolute Gasteiger partial charge is 0.524 e. The zero-order valence-corrected chi connectivity index (χ0v) is 14.8. The van der Waals surface area contributed by atoms with E-state index >= 15 is 0 Å². The molecule has 0 atom stereocenters. The van der Waals surface area contributed by atoms with E-state index in [0.29, 0.717) is 13.2 Å². The van der Waals surface area contributed by atoms with Crippen molar-refractivity contribution in [3.05, 3.63) is 34.4 Å². The van der Waals surface area contributed by atoms with Crippen LogP contribution < -0.4 is 4.52 Å². The van der Waals surface area contributed by atoms with E-state index in [-0.39, 0.29) is 11.4 Å². The van der Waals surface area contributed by atoms with Crippen LogP contribution in [-0.2, 0) is 4.57 Å². The number of aliphatic hydroxyl groups excluding tert-OH is 2. The first kappa shape index (κ1) is 24.7. The van der Waals surface area contributed by atoms with Crippen molar-refractivity contribution in [3.63, 3.8) is 0 Å². The second kappa shape index (κ2) is 15.0. The van der Waals surface area contributed by atoms with Crippen molar-refractivity contribution < 1.29 is 34.0 Å². The predicted octanol–water partition coefficient (Wildman–Crippen LogP) is 2.62. The molecule has 0 bridgehead atoms. The first-order chi connectivity index (χ1) is 11.2. The van der Waals surface area contributed by atoms with E-state index < -0.39 is 12.7 Å². The van der Waals surface area contributed by atoms with Gasteiger partial charge in [-0.3, -0.25) is 19.9 Å². The Morgan fingerprint density at radius 3 is 1.67 bits per heavy atom. The van der Waals surface area contributed by atoms with Crippen molar-refractivity contribution in [2.24, 2.45) is 0 Å². The molecule has 1 aromatic rings. The fourth-order valence-corrected chi connectivity index (χ4v) is 1.48. The molecular formula is C14H26NO8P. The van der Waals surface area contributed by atoms with Crippen LogP contribution in [0.3, 0.4) is 0 Å². The number of unbranched alkanes of at least 4 members (excludes halogenated alkanes) is 2. The number of nitro benzene ring substituents is 1. The summed E-state index contributed by atoms with van der Waals surface area (Å²) in [6.45, 7) is 4.79. The molecule has 9 nitrogen and oxygen atoms in total. The van der Waals surface area contributed by atoms with Gasteiger partial charge in [-0.05, 0) is 25.0 Å². The maximum absolute atomic E-state index is 10.4. The summed E-state index contributed by atoms with van der Waals surface area (Å²) in [7, 11) is -4.60. The molecule has 0 aliphatic rings. The van der Waals surface area contributed by atoms with Gasteiger partial charge in [0.05, 0.1) is 4.92 Å². The van der Waals surface area contributed by atoms with Gasteiger partial charge in [-0.1, -0.05) is 26.7 Å². The van der Waals surface area contributed by atoms with Gasteiger partial charge in [-0.25, -0.2) is 4.57 Å². The Bertz CT molecular complexity index is 464. The second-order valence-corrected chi connectivity index (χ2v) is 5.65. The minimum Gasteiger partial charge on any atom is -0.404 e. The third kappa shape index (κ3) is 16.9. The van der Waals surface area contributed by atoms with Crippen LogP contribution in [0.25, 0.3) is 0 Å². The van der Waals surface area contributed by atoms with Crippen LogP contribution in [0.15, 0.2) is 24.3 Å². The number of hydrogen-bond donors (Lipinski definition) is 4. The lowest BCUT2D eigenvalue weighted by Gasteiger charge is -2.05.